The SMILES string of the molecule is CC(C)(C)OC(=O)c1cc(F)c(C(=O)CC[C@H]2CN(C(=O)OC(C)(C)C)CCO2)c(F)c1. The van der Waals surface area contributed by atoms with Crippen LogP contribution in [0.4, 0.5) is 13.6 Å². The molecule has 1 amide bonds. The maximum absolute atomic E-state index is 14.5. The standard InChI is InChI=1S/C23H31F2NO6/c1-22(2,3)31-20(28)14-11-16(24)19(17(25)12-14)18(27)8-7-15-13-26(9-10-30-15)21(29)32-23(4,5)6/h11-12,15H,7-10,13H2,1-6H3/t15-/m0/s1. The molecule has 9 heteroatoms. The van der Waals surface area contributed by atoms with Crippen LogP contribution >= 0.6 is 0 Å². The number of Topliss-reactive ketones (excluding diaryl/α,β-unsaturated/α-hetero) is 1. The number of morpholine rings is 1. The van der Waals surface area contributed by atoms with Crippen LogP contribution in [0.2, 0.25) is 0 Å². The molecule has 1 aliphatic heterocycles. The number of hydrogen-bond acceptors (Lipinski definition) is 6. The van der Waals surface area contributed by atoms with Crippen LogP contribution in [-0.2, 0) is 14.2 Å². The molecule has 0 unspecified atom stereocenters. The summed E-state index contributed by atoms with van der Waals surface area (Å²) in [6.07, 6.45) is -0.962. The van der Waals surface area contributed by atoms with Gasteiger partial charge in [-0.1, -0.05) is 0 Å². The van der Waals surface area contributed by atoms with E-state index in [9.17, 15) is 23.2 Å². The van der Waals surface area contributed by atoms with Crippen molar-refractivity contribution in [2.45, 2.75) is 71.7 Å². The molecule has 0 aromatic heterocycles. The second kappa shape index (κ2) is 9.94. The highest BCUT2D eigenvalue weighted by Crippen LogP contribution is 2.22. The molecule has 7 nitrogen and oxygen atoms in total. The van der Waals surface area contributed by atoms with Crippen molar-refractivity contribution in [3.63, 3.8) is 0 Å². The summed E-state index contributed by atoms with van der Waals surface area (Å²) in [6.45, 7) is 11.0. The Bertz CT molecular complexity index is 849. The zero-order valence-electron chi connectivity index (χ0n) is 19.4. The predicted molar refractivity (Wildman–Crippen MR) is 113 cm³/mol. The van der Waals surface area contributed by atoms with Crippen molar-refractivity contribution in [1.82, 2.24) is 4.90 Å². The average Bonchev–Trinajstić information content (AvgIpc) is 2.63. The molecule has 1 saturated heterocycles. The van der Waals surface area contributed by atoms with Crippen molar-refractivity contribution in [3.8, 4) is 0 Å². The smallest absolute Gasteiger partial charge is 0.410 e. The highest BCUT2D eigenvalue weighted by Gasteiger charge is 2.29. The minimum absolute atomic E-state index is 0.171. The Labute approximate surface area is 187 Å². The van der Waals surface area contributed by atoms with Gasteiger partial charge in [0, 0.05) is 13.0 Å². The first-order chi connectivity index (χ1) is 14.7. The molecule has 32 heavy (non-hydrogen) atoms. The number of carbonyl (C=O) groups is 3. The van der Waals surface area contributed by atoms with E-state index in [1.165, 1.54) is 4.90 Å². The Morgan fingerprint density at radius 2 is 1.59 bits per heavy atom. The highest BCUT2D eigenvalue weighted by atomic mass is 19.1. The van der Waals surface area contributed by atoms with E-state index in [-0.39, 0.29) is 31.6 Å². The minimum Gasteiger partial charge on any atom is -0.456 e. The van der Waals surface area contributed by atoms with Crippen LogP contribution in [-0.4, -0.2) is 59.7 Å². The van der Waals surface area contributed by atoms with Gasteiger partial charge in [0.25, 0.3) is 0 Å². The van der Waals surface area contributed by atoms with Crippen LogP contribution in [0.5, 0.6) is 0 Å². The molecule has 1 aromatic rings. The van der Waals surface area contributed by atoms with Gasteiger partial charge in [-0.15, -0.1) is 0 Å². The Hall–Kier alpha value is -2.55. The molecule has 1 fully saturated rings. The van der Waals surface area contributed by atoms with Crippen molar-refractivity contribution >= 4 is 17.8 Å². The summed E-state index contributed by atoms with van der Waals surface area (Å²) in [5.74, 6) is -3.90. The monoisotopic (exact) mass is 455 g/mol. The third kappa shape index (κ3) is 7.55. The molecule has 0 spiro atoms. The lowest BCUT2D eigenvalue weighted by molar-refractivity contribution is -0.0443. The summed E-state index contributed by atoms with van der Waals surface area (Å²) >= 11 is 0. The second-order valence-electron chi connectivity index (χ2n) is 9.70. The molecule has 0 N–H and O–H groups in total. The molecule has 1 aromatic carbocycles. The fourth-order valence-electron chi connectivity index (χ4n) is 3.10. The topological polar surface area (TPSA) is 82.1 Å². The fourth-order valence-corrected chi connectivity index (χ4v) is 3.10. The van der Waals surface area contributed by atoms with Gasteiger partial charge in [0.15, 0.2) is 5.78 Å². The number of rotatable bonds is 5. The van der Waals surface area contributed by atoms with Gasteiger partial charge in [0.2, 0.25) is 0 Å². The summed E-state index contributed by atoms with van der Waals surface area (Å²) in [5, 5.41) is 0. The van der Waals surface area contributed by atoms with Gasteiger partial charge < -0.3 is 19.1 Å². The molecule has 1 atom stereocenters. The third-order valence-corrected chi connectivity index (χ3v) is 4.44. The molecular weight excluding hydrogens is 424 g/mol. The molecule has 0 aliphatic carbocycles. The number of ketones is 1. The molecule has 1 aliphatic rings. The average molecular weight is 455 g/mol. The van der Waals surface area contributed by atoms with E-state index in [1.54, 1.807) is 41.5 Å². The molecule has 0 saturated carbocycles. The maximum atomic E-state index is 14.5. The summed E-state index contributed by atoms with van der Waals surface area (Å²) in [5.41, 5.74) is -2.49. The van der Waals surface area contributed by atoms with Crippen LogP contribution in [0.25, 0.3) is 0 Å². The van der Waals surface area contributed by atoms with E-state index in [1.807, 2.05) is 0 Å². The number of ether oxygens (including phenoxy) is 3. The van der Waals surface area contributed by atoms with Gasteiger partial charge in [-0.25, -0.2) is 18.4 Å². The zero-order valence-corrected chi connectivity index (χ0v) is 19.4. The maximum Gasteiger partial charge on any atom is 0.410 e. The molecule has 2 rings (SSSR count). The van der Waals surface area contributed by atoms with Crippen molar-refractivity contribution in [2.75, 3.05) is 19.7 Å². The van der Waals surface area contributed by atoms with Gasteiger partial charge in [0.05, 0.1) is 30.4 Å². The molecular formula is C23H31F2NO6. The summed E-state index contributed by atoms with van der Waals surface area (Å²) < 4.78 is 45.0. The number of benzene rings is 1. The Morgan fingerprint density at radius 3 is 2.12 bits per heavy atom. The van der Waals surface area contributed by atoms with Crippen LogP contribution in [0, 0.1) is 11.6 Å². The van der Waals surface area contributed by atoms with Gasteiger partial charge in [-0.05, 0) is 60.1 Å². The molecule has 178 valence electrons. The third-order valence-electron chi connectivity index (χ3n) is 4.44. The van der Waals surface area contributed by atoms with Crippen molar-refractivity contribution in [1.29, 1.82) is 0 Å². The van der Waals surface area contributed by atoms with E-state index in [4.69, 9.17) is 14.2 Å². The van der Waals surface area contributed by atoms with Crippen LogP contribution < -0.4 is 0 Å². The first kappa shape index (κ1) is 25.7. The lowest BCUT2D eigenvalue weighted by atomic mass is 10.0. The first-order valence-electron chi connectivity index (χ1n) is 10.5. The van der Waals surface area contributed by atoms with Gasteiger partial charge in [-0.3, -0.25) is 4.79 Å². The largest absolute Gasteiger partial charge is 0.456 e. The Balaban J connectivity index is 2.00. The lowest BCUT2D eigenvalue weighted by Crippen LogP contribution is -2.47. The van der Waals surface area contributed by atoms with Crippen molar-refractivity contribution in [2.24, 2.45) is 0 Å². The van der Waals surface area contributed by atoms with E-state index >= 15 is 0 Å². The Morgan fingerprint density at radius 1 is 1.03 bits per heavy atom. The summed E-state index contributed by atoms with van der Waals surface area (Å²) in [6, 6.07) is 1.59. The normalized spacial score (nSPS) is 17.1. The fraction of sp³-hybridized carbons (Fsp3) is 0.609. The number of carbonyl (C=O) groups excluding carboxylic acids is 3. The highest BCUT2D eigenvalue weighted by molar-refractivity contribution is 5.98. The second-order valence-corrected chi connectivity index (χ2v) is 9.70. The van der Waals surface area contributed by atoms with Crippen LogP contribution in [0.15, 0.2) is 12.1 Å². The number of amides is 1. The van der Waals surface area contributed by atoms with Crippen molar-refractivity contribution in [3.05, 3.63) is 34.9 Å². The number of esters is 1. The number of halogens is 2. The van der Waals surface area contributed by atoms with Gasteiger partial charge >= 0.3 is 12.1 Å². The zero-order chi connectivity index (χ0) is 24.3. The van der Waals surface area contributed by atoms with Crippen molar-refractivity contribution < 1.29 is 37.4 Å². The molecule has 0 radical (unpaired) electrons. The minimum atomic E-state index is -1.13. The summed E-state index contributed by atoms with van der Waals surface area (Å²) in [7, 11) is 0. The van der Waals surface area contributed by atoms with E-state index in [0.29, 0.717) is 6.54 Å². The summed E-state index contributed by atoms with van der Waals surface area (Å²) in [4.78, 5) is 38.2. The quantitative estimate of drug-likeness (QED) is 0.480. The van der Waals surface area contributed by atoms with Crippen LogP contribution in [0.3, 0.4) is 0 Å². The Kier molecular flexibility index (Phi) is 7.98. The molecule has 1 heterocycles. The van der Waals surface area contributed by atoms with Gasteiger partial charge in [0.1, 0.15) is 22.8 Å². The number of hydrogen-bond donors (Lipinski definition) is 0. The van der Waals surface area contributed by atoms with E-state index in [0.717, 1.165) is 12.1 Å². The van der Waals surface area contributed by atoms with Gasteiger partial charge in [-0.2, -0.15) is 0 Å². The van der Waals surface area contributed by atoms with E-state index in [2.05, 4.69) is 0 Å². The molecule has 0 bridgehead atoms. The van der Waals surface area contributed by atoms with E-state index < -0.39 is 52.3 Å². The first-order valence-corrected chi connectivity index (χ1v) is 10.5. The number of nitrogens with zero attached hydrogens (tertiary/aromatic N) is 1. The van der Waals surface area contributed by atoms with Crippen LogP contribution in [0.1, 0.15) is 75.1 Å². The lowest BCUT2D eigenvalue weighted by Gasteiger charge is -2.34. The predicted octanol–water partition coefficient (Wildman–Crippen LogP) is 4.52.